The molecule has 0 unspecified atom stereocenters. The van der Waals surface area contributed by atoms with Crippen LogP contribution in [0, 0.1) is 0 Å². The van der Waals surface area contributed by atoms with Crippen molar-refractivity contribution in [2.45, 2.75) is 19.4 Å². The van der Waals surface area contributed by atoms with Gasteiger partial charge >= 0.3 is 0 Å². The molecule has 60 valence electrons. The summed E-state index contributed by atoms with van der Waals surface area (Å²) >= 11 is 0. The van der Waals surface area contributed by atoms with Gasteiger partial charge in [-0.3, -0.25) is 4.79 Å². The molecule has 0 aliphatic rings. The van der Waals surface area contributed by atoms with E-state index in [4.69, 9.17) is 10.8 Å². The molecule has 0 fully saturated rings. The Balaban J connectivity index is 3.37. The van der Waals surface area contributed by atoms with Gasteiger partial charge in [-0.1, -0.05) is 0 Å². The van der Waals surface area contributed by atoms with Crippen molar-refractivity contribution in [3.8, 4) is 0 Å². The van der Waals surface area contributed by atoms with E-state index in [-0.39, 0.29) is 18.9 Å². The molecule has 4 N–H and O–H groups in total. The lowest BCUT2D eigenvalue weighted by Crippen LogP contribution is -2.30. The number of nitrogens with two attached hydrogens (primary N) is 1. The van der Waals surface area contributed by atoms with Gasteiger partial charge in [-0.15, -0.1) is 0 Å². The van der Waals surface area contributed by atoms with Crippen LogP contribution in [0.1, 0.15) is 13.3 Å². The molecule has 1 atom stereocenters. The van der Waals surface area contributed by atoms with Crippen molar-refractivity contribution in [3.05, 3.63) is 0 Å². The molecule has 10 heavy (non-hydrogen) atoms. The molecule has 0 aliphatic heterocycles. The smallest absolute Gasteiger partial charge is 0.222 e. The Bertz CT molecular complexity index is 106. The van der Waals surface area contributed by atoms with E-state index in [2.05, 4.69) is 5.32 Å². The molecule has 0 spiro atoms. The summed E-state index contributed by atoms with van der Waals surface area (Å²) in [6, 6.07) is 0. The van der Waals surface area contributed by atoms with Crippen LogP contribution < -0.4 is 11.1 Å². The minimum absolute atomic E-state index is 0.102. The molecule has 0 aromatic carbocycles. The third-order valence-electron chi connectivity index (χ3n) is 1.07. The molecule has 4 nitrogen and oxygen atoms in total. The second kappa shape index (κ2) is 5.20. The van der Waals surface area contributed by atoms with Gasteiger partial charge in [0.25, 0.3) is 0 Å². The molecule has 0 saturated carbocycles. The lowest BCUT2D eigenvalue weighted by Gasteiger charge is -2.05. The average molecular weight is 146 g/mol. The number of hydrogen-bond donors (Lipinski definition) is 3. The summed E-state index contributed by atoms with van der Waals surface area (Å²) in [4.78, 5) is 10.7. The Morgan fingerprint density at radius 1 is 1.80 bits per heavy atom. The number of nitrogens with one attached hydrogen (secondary N) is 1. The van der Waals surface area contributed by atoms with Gasteiger partial charge in [-0.25, -0.2) is 0 Å². The number of hydrogen-bond acceptors (Lipinski definition) is 3. The zero-order valence-electron chi connectivity index (χ0n) is 6.13. The highest BCUT2D eigenvalue weighted by atomic mass is 16.3. The normalized spacial score (nSPS) is 12.7. The van der Waals surface area contributed by atoms with Gasteiger partial charge in [0.2, 0.25) is 5.91 Å². The number of carbonyl (C=O) groups is 1. The van der Waals surface area contributed by atoms with Crippen molar-refractivity contribution >= 4 is 5.91 Å². The van der Waals surface area contributed by atoms with E-state index in [0.717, 1.165) is 0 Å². The highest BCUT2D eigenvalue weighted by Gasteiger charge is 2.06. The third kappa shape index (κ3) is 4.29. The summed E-state index contributed by atoms with van der Waals surface area (Å²) in [6.45, 7) is 2.56. The second-order valence-corrected chi connectivity index (χ2v) is 2.05. The fourth-order valence-electron chi connectivity index (χ4n) is 0.567. The van der Waals surface area contributed by atoms with Crippen molar-refractivity contribution in [1.29, 1.82) is 0 Å². The molecule has 0 radical (unpaired) electrons. The minimum Gasteiger partial charge on any atom is -0.391 e. The van der Waals surface area contributed by atoms with Crippen LogP contribution in [0.25, 0.3) is 0 Å². The molecule has 0 aromatic heterocycles. The first-order valence-electron chi connectivity index (χ1n) is 3.35. The summed E-state index contributed by atoms with van der Waals surface area (Å²) in [7, 11) is 0. The first-order valence-corrected chi connectivity index (χ1v) is 3.35. The highest BCUT2D eigenvalue weighted by Crippen LogP contribution is 1.86. The lowest BCUT2D eigenvalue weighted by molar-refractivity contribution is -0.122. The highest BCUT2D eigenvalue weighted by molar-refractivity contribution is 5.76. The van der Waals surface area contributed by atoms with Gasteiger partial charge in [0.15, 0.2) is 0 Å². The largest absolute Gasteiger partial charge is 0.391 e. The van der Waals surface area contributed by atoms with Crippen LogP contribution in [0.2, 0.25) is 0 Å². The fraction of sp³-hybridized carbons (Fsp3) is 0.833. The molecule has 1 amide bonds. The number of amides is 1. The number of rotatable bonds is 4. The lowest BCUT2D eigenvalue weighted by atomic mass is 10.2. The average Bonchev–Trinajstić information content (AvgIpc) is 1.88. The maximum absolute atomic E-state index is 10.7. The minimum atomic E-state index is -0.702. The predicted octanol–water partition coefficient (Wildman–Crippen LogP) is -1.17. The molecule has 0 heterocycles. The predicted molar refractivity (Wildman–Crippen MR) is 38.4 cm³/mol. The van der Waals surface area contributed by atoms with Crippen LogP contribution in [-0.4, -0.2) is 30.2 Å². The van der Waals surface area contributed by atoms with Gasteiger partial charge in [-0.2, -0.15) is 0 Å². The standard InChI is InChI=1S/C6H14N2O2/c1-2-8-6(10)3-5(9)4-7/h5,9H,2-4,7H2,1H3,(H,8,10)/t5-/m1/s1. The Hall–Kier alpha value is -0.610. The van der Waals surface area contributed by atoms with E-state index in [1.165, 1.54) is 0 Å². The summed E-state index contributed by atoms with van der Waals surface area (Å²) in [5.41, 5.74) is 5.09. The van der Waals surface area contributed by atoms with Crippen LogP contribution in [0.15, 0.2) is 0 Å². The van der Waals surface area contributed by atoms with Crippen LogP contribution >= 0.6 is 0 Å². The van der Waals surface area contributed by atoms with Gasteiger partial charge < -0.3 is 16.2 Å². The van der Waals surface area contributed by atoms with Crippen LogP contribution in [0.4, 0.5) is 0 Å². The Morgan fingerprint density at radius 3 is 2.80 bits per heavy atom. The molecular formula is C6H14N2O2. The number of aliphatic hydroxyl groups excluding tert-OH is 1. The molecule has 0 aromatic rings. The first kappa shape index (κ1) is 9.39. The first-order chi connectivity index (χ1) is 4.70. The van der Waals surface area contributed by atoms with E-state index < -0.39 is 6.10 Å². The van der Waals surface area contributed by atoms with Crippen molar-refractivity contribution in [1.82, 2.24) is 5.32 Å². The Morgan fingerprint density at radius 2 is 2.40 bits per heavy atom. The quantitative estimate of drug-likeness (QED) is 0.468. The third-order valence-corrected chi connectivity index (χ3v) is 1.07. The zero-order chi connectivity index (χ0) is 7.98. The summed E-state index contributed by atoms with van der Waals surface area (Å²) in [5.74, 6) is -0.152. The SMILES string of the molecule is CCNC(=O)C[C@@H](O)CN. The topological polar surface area (TPSA) is 75.3 Å². The van der Waals surface area contributed by atoms with Crippen LogP contribution in [0.5, 0.6) is 0 Å². The second-order valence-electron chi connectivity index (χ2n) is 2.05. The molecule has 0 saturated heterocycles. The van der Waals surface area contributed by atoms with Crippen LogP contribution in [0.3, 0.4) is 0 Å². The van der Waals surface area contributed by atoms with Crippen molar-refractivity contribution in [3.63, 3.8) is 0 Å². The van der Waals surface area contributed by atoms with E-state index >= 15 is 0 Å². The molecule has 0 rings (SSSR count). The van der Waals surface area contributed by atoms with E-state index in [1.807, 2.05) is 6.92 Å². The number of carbonyl (C=O) groups excluding carboxylic acids is 1. The van der Waals surface area contributed by atoms with Gasteiger partial charge in [0.1, 0.15) is 0 Å². The molecule has 0 bridgehead atoms. The monoisotopic (exact) mass is 146 g/mol. The molecular weight excluding hydrogens is 132 g/mol. The Kier molecular flexibility index (Phi) is 4.88. The maximum Gasteiger partial charge on any atom is 0.222 e. The maximum atomic E-state index is 10.7. The van der Waals surface area contributed by atoms with Crippen LogP contribution in [-0.2, 0) is 4.79 Å². The van der Waals surface area contributed by atoms with E-state index in [0.29, 0.717) is 6.54 Å². The molecule has 0 aliphatic carbocycles. The van der Waals surface area contributed by atoms with Crippen molar-refractivity contribution in [2.24, 2.45) is 5.73 Å². The van der Waals surface area contributed by atoms with Gasteiger partial charge in [0, 0.05) is 13.1 Å². The van der Waals surface area contributed by atoms with Gasteiger partial charge in [-0.05, 0) is 6.92 Å². The summed E-state index contributed by atoms with van der Waals surface area (Å²) in [6.07, 6.45) is -0.601. The molecule has 4 heteroatoms. The van der Waals surface area contributed by atoms with Crippen molar-refractivity contribution in [2.75, 3.05) is 13.1 Å². The summed E-state index contributed by atoms with van der Waals surface area (Å²) < 4.78 is 0. The van der Waals surface area contributed by atoms with Crippen molar-refractivity contribution < 1.29 is 9.90 Å². The zero-order valence-corrected chi connectivity index (χ0v) is 6.13. The van der Waals surface area contributed by atoms with Gasteiger partial charge in [0.05, 0.1) is 12.5 Å². The summed E-state index contributed by atoms with van der Waals surface area (Å²) in [5, 5.41) is 11.4. The fourth-order valence-corrected chi connectivity index (χ4v) is 0.567. The van der Waals surface area contributed by atoms with E-state index in [9.17, 15) is 4.79 Å². The number of aliphatic hydroxyl groups is 1. The Labute approximate surface area is 60.4 Å². The van der Waals surface area contributed by atoms with E-state index in [1.54, 1.807) is 0 Å².